The topological polar surface area (TPSA) is 201 Å². The summed E-state index contributed by atoms with van der Waals surface area (Å²) in [4.78, 5) is 51.2. The summed E-state index contributed by atoms with van der Waals surface area (Å²) in [5.41, 5.74) is -2.79. The average Bonchev–Trinajstić information content (AvgIpc) is 3.55. The number of hydrogen-bond acceptors (Lipinski definition) is 11. The number of non-ortho nitro benzene ring substituents is 1. The summed E-state index contributed by atoms with van der Waals surface area (Å²) >= 11 is 3.08. The fourth-order valence-corrected chi connectivity index (χ4v) is 6.78. The van der Waals surface area contributed by atoms with Gasteiger partial charge < -0.3 is 19.1 Å². The Morgan fingerprint density at radius 1 is 1.34 bits per heavy atom. The van der Waals surface area contributed by atoms with Crippen molar-refractivity contribution in [2.75, 3.05) is 13.7 Å². The number of rotatable bonds is 11. The van der Waals surface area contributed by atoms with Gasteiger partial charge in [-0.1, -0.05) is 28.8 Å². The third-order valence-electron chi connectivity index (χ3n) is 6.82. The summed E-state index contributed by atoms with van der Waals surface area (Å²) < 4.78 is 37.3. The van der Waals surface area contributed by atoms with E-state index in [4.69, 9.17) is 18.5 Å². The first-order valence-electron chi connectivity index (χ1n) is 12.5. The van der Waals surface area contributed by atoms with Gasteiger partial charge in [0.05, 0.1) is 30.3 Å². The van der Waals surface area contributed by atoms with Gasteiger partial charge in [-0.2, -0.15) is 5.09 Å². The lowest BCUT2D eigenvalue weighted by atomic mass is 10.00. The van der Waals surface area contributed by atoms with Crippen LogP contribution >= 0.6 is 23.7 Å². The highest BCUT2D eigenvalue weighted by atomic mass is 79.9. The molecule has 1 aliphatic carbocycles. The first kappa shape index (κ1) is 30.8. The van der Waals surface area contributed by atoms with E-state index < -0.39 is 60.5 Å². The molecule has 0 radical (unpaired) electrons. The zero-order valence-corrected chi connectivity index (χ0v) is 24.2. The second-order valence-corrected chi connectivity index (χ2v) is 11.7. The number of nitrogens with zero attached hydrogens (tertiary/aromatic N) is 2. The van der Waals surface area contributed by atoms with Gasteiger partial charge in [-0.15, -0.1) is 0 Å². The van der Waals surface area contributed by atoms with E-state index in [0.717, 1.165) is 16.7 Å². The lowest BCUT2D eigenvalue weighted by Gasteiger charge is -2.31. The minimum Gasteiger partial charge on any atom is -0.468 e. The molecule has 0 amide bonds. The number of H-pyrrole nitrogens is 1. The van der Waals surface area contributed by atoms with Gasteiger partial charge in [-0.05, 0) is 36.0 Å². The van der Waals surface area contributed by atoms with Crippen molar-refractivity contribution in [3.63, 3.8) is 0 Å². The summed E-state index contributed by atoms with van der Waals surface area (Å²) in [6.07, 6.45) is 1.31. The number of esters is 1. The van der Waals surface area contributed by atoms with Gasteiger partial charge in [0, 0.05) is 24.8 Å². The molecule has 2 heterocycles. The molecule has 2 unspecified atom stereocenters. The van der Waals surface area contributed by atoms with Crippen LogP contribution in [0.3, 0.4) is 0 Å². The Morgan fingerprint density at radius 3 is 2.63 bits per heavy atom. The molecule has 2 aliphatic rings. The Hall–Kier alpha value is -3.14. The maximum atomic E-state index is 14.1. The van der Waals surface area contributed by atoms with E-state index in [0.29, 0.717) is 25.7 Å². The number of halogens is 1. The van der Waals surface area contributed by atoms with Crippen LogP contribution in [0, 0.1) is 10.1 Å². The molecule has 222 valence electrons. The summed E-state index contributed by atoms with van der Waals surface area (Å²) in [5, 5.41) is 24.4. The normalized spacial score (nSPS) is 23.3. The van der Waals surface area contributed by atoms with Crippen LogP contribution in [-0.2, 0) is 23.4 Å². The molecular formula is C24H28BrN4O11P. The number of aliphatic hydroxyl groups is 1. The lowest BCUT2D eigenvalue weighted by molar-refractivity contribution is -0.384. The Morgan fingerprint density at radius 2 is 2.02 bits per heavy atom. The van der Waals surface area contributed by atoms with Crippen LogP contribution in [0.2, 0.25) is 0 Å². The van der Waals surface area contributed by atoms with E-state index in [1.54, 1.807) is 0 Å². The number of ether oxygens (including phenoxy) is 2. The fraction of sp³-hybridized carbons (Fsp3) is 0.458. The van der Waals surface area contributed by atoms with Crippen LogP contribution < -0.4 is 20.9 Å². The van der Waals surface area contributed by atoms with Gasteiger partial charge in [-0.3, -0.25) is 33.8 Å². The average molecular weight is 659 g/mol. The summed E-state index contributed by atoms with van der Waals surface area (Å²) in [7, 11) is -3.21. The van der Waals surface area contributed by atoms with Crippen LogP contribution in [0.15, 0.2) is 45.0 Å². The van der Waals surface area contributed by atoms with Gasteiger partial charge in [0.1, 0.15) is 23.6 Å². The monoisotopic (exact) mass is 658 g/mol. The number of carbonyl (C=O) groups excluding carboxylic acids is 1. The zero-order chi connectivity index (χ0) is 29.8. The van der Waals surface area contributed by atoms with Crippen LogP contribution in [0.1, 0.15) is 43.9 Å². The van der Waals surface area contributed by atoms with Gasteiger partial charge >= 0.3 is 19.4 Å². The highest BCUT2D eigenvalue weighted by Crippen LogP contribution is 2.50. The molecule has 1 saturated heterocycles. The van der Waals surface area contributed by atoms with E-state index >= 15 is 0 Å². The molecule has 4 atom stereocenters. The predicted molar refractivity (Wildman–Crippen MR) is 147 cm³/mol. The second kappa shape index (κ2) is 12.8. The summed E-state index contributed by atoms with van der Waals surface area (Å²) in [6, 6.07) is 4.77. The molecule has 15 nitrogen and oxygen atoms in total. The SMILES string of the molecule is COC(=O)C1(NP(=O)(OC[C@H]2O[C@@H](n3cc(/C=C/Br)c(=O)[nH]c3=O)CC2O)Oc2ccc([N+](=O)[O-])cc2)CCCC1. The van der Waals surface area contributed by atoms with Crippen molar-refractivity contribution >= 4 is 41.4 Å². The number of benzene rings is 1. The Labute approximate surface area is 241 Å². The van der Waals surface area contributed by atoms with Crippen molar-refractivity contribution in [2.24, 2.45) is 0 Å². The largest absolute Gasteiger partial charge is 0.468 e. The van der Waals surface area contributed by atoms with E-state index in [2.05, 4.69) is 26.0 Å². The first-order valence-corrected chi connectivity index (χ1v) is 15.0. The number of aromatic nitrogens is 2. The molecule has 1 aromatic carbocycles. The fourth-order valence-electron chi connectivity index (χ4n) is 4.76. The minimum atomic E-state index is -4.41. The first-order chi connectivity index (χ1) is 19.5. The van der Waals surface area contributed by atoms with Crippen molar-refractivity contribution < 1.29 is 37.9 Å². The molecule has 2 aromatic rings. The molecule has 4 rings (SSSR count). The lowest BCUT2D eigenvalue weighted by Crippen LogP contribution is -2.50. The summed E-state index contributed by atoms with van der Waals surface area (Å²) in [5.74, 6) is -0.698. The van der Waals surface area contributed by atoms with Crippen LogP contribution in [0.25, 0.3) is 6.08 Å². The number of methoxy groups -OCH3 is 1. The second-order valence-electron chi connectivity index (χ2n) is 9.50. The maximum absolute atomic E-state index is 14.1. The van der Waals surface area contributed by atoms with E-state index in [1.807, 2.05) is 0 Å². The van der Waals surface area contributed by atoms with Gasteiger partial charge in [-0.25, -0.2) is 9.36 Å². The van der Waals surface area contributed by atoms with Crippen molar-refractivity contribution in [1.29, 1.82) is 0 Å². The molecule has 1 aliphatic heterocycles. The maximum Gasteiger partial charge on any atom is 0.459 e. The molecule has 0 bridgehead atoms. The van der Waals surface area contributed by atoms with Crippen molar-refractivity contribution in [2.45, 2.75) is 56.1 Å². The number of aliphatic hydroxyl groups excluding tert-OH is 1. The summed E-state index contributed by atoms with van der Waals surface area (Å²) in [6.45, 7) is -0.488. The Kier molecular flexibility index (Phi) is 9.62. The number of carbonyl (C=O) groups is 1. The number of aromatic amines is 1. The number of nitro benzene ring substituents is 1. The van der Waals surface area contributed by atoms with Crippen molar-refractivity contribution in [3.8, 4) is 5.75 Å². The molecule has 3 N–H and O–H groups in total. The molecule has 0 spiro atoms. The highest BCUT2D eigenvalue weighted by Gasteiger charge is 2.49. The minimum absolute atomic E-state index is 0.0395. The zero-order valence-electron chi connectivity index (χ0n) is 21.8. The molecule has 2 fully saturated rings. The predicted octanol–water partition coefficient (Wildman–Crippen LogP) is 2.74. The highest BCUT2D eigenvalue weighted by molar-refractivity contribution is 9.11. The molecular weight excluding hydrogens is 631 g/mol. The van der Waals surface area contributed by atoms with Crippen LogP contribution in [0.5, 0.6) is 5.75 Å². The van der Waals surface area contributed by atoms with Gasteiger partial charge in [0.25, 0.3) is 11.2 Å². The van der Waals surface area contributed by atoms with Crippen molar-refractivity contribution in [3.05, 3.63) is 72.0 Å². The van der Waals surface area contributed by atoms with Gasteiger partial charge in [0.2, 0.25) is 0 Å². The van der Waals surface area contributed by atoms with Crippen molar-refractivity contribution in [1.82, 2.24) is 14.6 Å². The molecule has 17 heteroatoms. The smallest absolute Gasteiger partial charge is 0.459 e. The number of nitro groups is 1. The van der Waals surface area contributed by atoms with Crippen LogP contribution in [-0.4, -0.2) is 57.0 Å². The van der Waals surface area contributed by atoms with Gasteiger partial charge in [0.15, 0.2) is 0 Å². The quantitative estimate of drug-likeness (QED) is 0.138. The molecule has 41 heavy (non-hydrogen) atoms. The van der Waals surface area contributed by atoms with E-state index in [1.165, 1.54) is 36.5 Å². The third kappa shape index (κ3) is 7.02. The van der Waals surface area contributed by atoms with Crippen LogP contribution in [0.4, 0.5) is 5.69 Å². The van der Waals surface area contributed by atoms with E-state index in [9.17, 15) is 34.2 Å². The Bertz CT molecular complexity index is 1470. The molecule has 1 saturated carbocycles. The number of nitrogens with one attached hydrogen (secondary N) is 2. The number of hydrogen-bond donors (Lipinski definition) is 3. The van der Waals surface area contributed by atoms with E-state index in [-0.39, 0.29) is 23.4 Å². The Balaban J connectivity index is 1.56. The standard InChI is InChI=1S/C24H28BrN4O11P/c1-37-22(32)24(9-2-3-10-24)27-41(36,40-17-6-4-16(5-7-17)29(34)35)38-14-19-18(30)12-20(39-19)28-13-15(8-11-25)21(31)26-23(28)33/h4-8,11,13,18-20,30H,2-3,9-10,12,14H2,1H3,(H,27,36)(H,26,31,33)/b11-8+/t18?,19-,20-,41?/m1/s1. The third-order valence-corrected chi connectivity index (χ3v) is 8.72. The molecule has 1 aromatic heterocycles.